The largest absolute Gasteiger partial charge is 0.389 e. The van der Waals surface area contributed by atoms with Gasteiger partial charge in [0, 0.05) is 25.5 Å². The van der Waals surface area contributed by atoms with Crippen molar-refractivity contribution in [3.63, 3.8) is 0 Å². The zero-order valence-corrected chi connectivity index (χ0v) is 12.9. The number of aliphatic hydroxyl groups is 1. The quantitative estimate of drug-likeness (QED) is 0.889. The van der Waals surface area contributed by atoms with Gasteiger partial charge in [0.2, 0.25) is 0 Å². The second kappa shape index (κ2) is 6.64. The van der Waals surface area contributed by atoms with E-state index in [1.165, 1.54) is 5.56 Å². The lowest BCUT2D eigenvalue weighted by atomic mass is 9.97. The summed E-state index contributed by atoms with van der Waals surface area (Å²) in [5, 5.41) is 18.1. The molecule has 2 heterocycles. The molecule has 1 aliphatic heterocycles. The van der Waals surface area contributed by atoms with Crippen molar-refractivity contribution in [2.24, 2.45) is 0 Å². The monoisotopic (exact) mass is 303 g/mol. The molecular weight excluding hydrogens is 282 g/mol. The van der Waals surface area contributed by atoms with Crippen molar-refractivity contribution in [3.8, 4) is 5.69 Å². The third-order valence-electron chi connectivity index (χ3n) is 3.89. The summed E-state index contributed by atoms with van der Waals surface area (Å²) in [6.45, 7) is 1.43. The number of nitrogens with zero attached hydrogens (tertiary/aromatic N) is 2. The van der Waals surface area contributed by atoms with Crippen molar-refractivity contribution in [3.05, 3.63) is 48.3 Å². The van der Waals surface area contributed by atoms with Crippen LogP contribution in [-0.2, 0) is 6.54 Å². The third-order valence-corrected chi connectivity index (χ3v) is 4.87. The Bertz CT molecular complexity index is 565. The molecular formula is C16H21N3OS. The van der Waals surface area contributed by atoms with Crippen molar-refractivity contribution in [1.29, 1.82) is 0 Å². The predicted octanol–water partition coefficient (Wildman–Crippen LogP) is 2.22. The highest BCUT2D eigenvalue weighted by atomic mass is 32.2. The first-order chi connectivity index (χ1) is 10.3. The molecule has 0 aliphatic carbocycles. The molecule has 21 heavy (non-hydrogen) atoms. The standard InChI is InChI=1S/C16H21N3OS/c20-16(5-9-21-10-6-16)13-17-12-14-3-1-4-15(11-14)19-8-2-7-18-19/h1-4,7-8,11,17,20H,5-6,9-10,12-13H2. The lowest BCUT2D eigenvalue weighted by Crippen LogP contribution is -2.43. The van der Waals surface area contributed by atoms with Gasteiger partial charge in [0.1, 0.15) is 0 Å². The Morgan fingerprint density at radius 2 is 2.14 bits per heavy atom. The first kappa shape index (κ1) is 14.6. The van der Waals surface area contributed by atoms with Gasteiger partial charge in [-0.2, -0.15) is 16.9 Å². The molecule has 2 N–H and O–H groups in total. The van der Waals surface area contributed by atoms with Crippen LogP contribution in [0.1, 0.15) is 18.4 Å². The molecule has 0 amide bonds. The van der Waals surface area contributed by atoms with Crippen LogP contribution >= 0.6 is 11.8 Å². The van der Waals surface area contributed by atoms with Gasteiger partial charge >= 0.3 is 0 Å². The molecule has 4 nitrogen and oxygen atoms in total. The maximum atomic E-state index is 10.5. The lowest BCUT2D eigenvalue weighted by Gasteiger charge is -2.32. The summed E-state index contributed by atoms with van der Waals surface area (Å²) in [5.41, 5.74) is 1.74. The smallest absolute Gasteiger partial charge is 0.0787 e. The zero-order valence-electron chi connectivity index (χ0n) is 12.0. The van der Waals surface area contributed by atoms with Crippen molar-refractivity contribution in [2.45, 2.75) is 25.0 Å². The second-order valence-electron chi connectivity index (χ2n) is 5.56. The molecule has 0 radical (unpaired) electrons. The van der Waals surface area contributed by atoms with Crippen LogP contribution in [0, 0.1) is 0 Å². The molecule has 0 unspecified atom stereocenters. The van der Waals surface area contributed by atoms with E-state index >= 15 is 0 Å². The Hall–Kier alpha value is -1.30. The SMILES string of the molecule is OC1(CNCc2cccc(-n3cccn3)c2)CCSCC1. The molecule has 1 aromatic heterocycles. The summed E-state index contributed by atoms with van der Waals surface area (Å²) >= 11 is 1.93. The van der Waals surface area contributed by atoms with Gasteiger partial charge in [-0.1, -0.05) is 12.1 Å². The van der Waals surface area contributed by atoms with Gasteiger partial charge in [-0.05, 0) is 48.1 Å². The first-order valence-electron chi connectivity index (χ1n) is 7.35. The van der Waals surface area contributed by atoms with Crippen LogP contribution in [0.15, 0.2) is 42.7 Å². The topological polar surface area (TPSA) is 50.1 Å². The molecule has 1 saturated heterocycles. The Labute approximate surface area is 129 Å². The van der Waals surface area contributed by atoms with E-state index in [9.17, 15) is 5.11 Å². The van der Waals surface area contributed by atoms with Crippen LogP contribution in [0.25, 0.3) is 5.69 Å². The fourth-order valence-corrected chi connectivity index (χ4v) is 3.85. The highest BCUT2D eigenvalue weighted by Gasteiger charge is 2.28. The van der Waals surface area contributed by atoms with E-state index in [4.69, 9.17) is 0 Å². The summed E-state index contributed by atoms with van der Waals surface area (Å²) in [7, 11) is 0. The minimum atomic E-state index is -0.523. The van der Waals surface area contributed by atoms with Crippen LogP contribution in [0.3, 0.4) is 0 Å². The van der Waals surface area contributed by atoms with Gasteiger partial charge in [0.25, 0.3) is 0 Å². The van der Waals surface area contributed by atoms with Crippen LogP contribution in [0.4, 0.5) is 0 Å². The first-order valence-corrected chi connectivity index (χ1v) is 8.51. The summed E-state index contributed by atoms with van der Waals surface area (Å²) in [6, 6.07) is 10.2. The zero-order chi connectivity index (χ0) is 14.5. The molecule has 112 valence electrons. The molecule has 1 aliphatic rings. The van der Waals surface area contributed by atoms with Crippen molar-refractivity contribution < 1.29 is 5.11 Å². The van der Waals surface area contributed by atoms with E-state index in [0.717, 1.165) is 36.6 Å². The number of rotatable bonds is 5. The van der Waals surface area contributed by atoms with E-state index < -0.39 is 5.60 Å². The number of aromatic nitrogens is 2. The van der Waals surface area contributed by atoms with E-state index in [2.05, 4.69) is 22.5 Å². The third kappa shape index (κ3) is 3.87. The average molecular weight is 303 g/mol. The highest BCUT2D eigenvalue weighted by Crippen LogP contribution is 2.26. The molecule has 0 saturated carbocycles. The Morgan fingerprint density at radius 1 is 1.29 bits per heavy atom. The number of nitrogens with one attached hydrogen (secondary N) is 1. The molecule has 1 aromatic carbocycles. The molecule has 3 rings (SSSR count). The van der Waals surface area contributed by atoms with Gasteiger partial charge in [0.05, 0.1) is 11.3 Å². The fraction of sp³-hybridized carbons (Fsp3) is 0.438. The minimum Gasteiger partial charge on any atom is -0.389 e. The van der Waals surface area contributed by atoms with Crippen LogP contribution in [0.5, 0.6) is 0 Å². The van der Waals surface area contributed by atoms with Crippen molar-refractivity contribution in [2.75, 3.05) is 18.1 Å². The normalized spacial score (nSPS) is 17.8. The van der Waals surface area contributed by atoms with Crippen molar-refractivity contribution in [1.82, 2.24) is 15.1 Å². The number of thioether (sulfide) groups is 1. The Balaban J connectivity index is 1.57. The Kier molecular flexibility index (Phi) is 4.63. The van der Waals surface area contributed by atoms with E-state index in [-0.39, 0.29) is 0 Å². The number of hydrogen-bond donors (Lipinski definition) is 2. The maximum Gasteiger partial charge on any atom is 0.0787 e. The van der Waals surface area contributed by atoms with Gasteiger partial charge in [-0.3, -0.25) is 0 Å². The van der Waals surface area contributed by atoms with Gasteiger partial charge in [-0.15, -0.1) is 0 Å². The summed E-state index contributed by atoms with van der Waals surface area (Å²) in [6.07, 6.45) is 5.49. The minimum absolute atomic E-state index is 0.523. The van der Waals surface area contributed by atoms with Gasteiger partial charge in [0.15, 0.2) is 0 Å². The average Bonchev–Trinajstić information content (AvgIpc) is 3.02. The summed E-state index contributed by atoms with van der Waals surface area (Å²) < 4.78 is 1.86. The maximum absolute atomic E-state index is 10.5. The van der Waals surface area contributed by atoms with E-state index in [1.54, 1.807) is 6.20 Å². The second-order valence-corrected chi connectivity index (χ2v) is 6.79. The summed E-state index contributed by atoms with van der Waals surface area (Å²) in [4.78, 5) is 0. The fourth-order valence-electron chi connectivity index (χ4n) is 2.60. The number of hydrogen-bond acceptors (Lipinski definition) is 4. The van der Waals surface area contributed by atoms with E-state index in [1.807, 2.05) is 40.8 Å². The molecule has 0 bridgehead atoms. The molecule has 1 fully saturated rings. The molecule has 5 heteroatoms. The highest BCUT2D eigenvalue weighted by molar-refractivity contribution is 7.99. The number of benzene rings is 1. The molecule has 2 aromatic rings. The lowest BCUT2D eigenvalue weighted by molar-refractivity contribution is 0.0320. The van der Waals surface area contributed by atoms with Crippen molar-refractivity contribution >= 4 is 11.8 Å². The van der Waals surface area contributed by atoms with Crippen LogP contribution in [-0.4, -0.2) is 38.5 Å². The van der Waals surface area contributed by atoms with Crippen LogP contribution in [0.2, 0.25) is 0 Å². The van der Waals surface area contributed by atoms with Gasteiger partial charge in [-0.25, -0.2) is 4.68 Å². The van der Waals surface area contributed by atoms with E-state index in [0.29, 0.717) is 6.54 Å². The molecule has 0 spiro atoms. The predicted molar refractivity (Wildman–Crippen MR) is 86.8 cm³/mol. The summed E-state index contributed by atoms with van der Waals surface area (Å²) in [5.74, 6) is 2.12. The van der Waals surface area contributed by atoms with Crippen LogP contribution < -0.4 is 5.32 Å². The Morgan fingerprint density at radius 3 is 2.90 bits per heavy atom. The molecule has 0 atom stereocenters. The van der Waals surface area contributed by atoms with Gasteiger partial charge < -0.3 is 10.4 Å².